The second kappa shape index (κ2) is 5.18. The standard InChI is InChI=1S/C13H12BrN3O/c1-8-6-10(14)3-4-11(8)17-13(18)9-2-5-12(15)16-7-9/h2-7H,1H3,(H2,15,16)(H,17,18). The average molecular weight is 306 g/mol. The minimum Gasteiger partial charge on any atom is -0.384 e. The summed E-state index contributed by atoms with van der Waals surface area (Å²) in [6, 6.07) is 8.91. The molecular formula is C13H12BrN3O. The first-order valence-corrected chi connectivity index (χ1v) is 6.14. The topological polar surface area (TPSA) is 68.0 Å². The lowest BCUT2D eigenvalue weighted by Gasteiger charge is -2.08. The van der Waals surface area contributed by atoms with Crippen molar-refractivity contribution in [2.45, 2.75) is 6.92 Å². The number of hydrogen-bond donors (Lipinski definition) is 2. The van der Waals surface area contributed by atoms with Crippen LogP contribution in [0.25, 0.3) is 0 Å². The molecule has 0 saturated carbocycles. The monoisotopic (exact) mass is 305 g/mol. The Morgan fingerprint density at radius 1 is 1.33 bits per heavy atom. The molecule has 0 bridgehead atoms. The van der Waals surface area contributed by atoms with Crippen molar-refractivity contribution in [3.8, 4) is 0 Å². The third kappa shape index (κ3) is 2.87. The third-order valence-corrected chi connectivity index (χ3v) is 2.98. The van der Waals surface area contributed by atoms with Gasteiger partial charge in [-0.15, -0.1) is 0 Å². The van der Waals surface area contributed by atoms with Gasteiger partial charge in [0.25, 0.3) is 5.91 Å². The maximum absolute atomic E-state index is 12.0. The number of benzene rings is 1. The molecular weight excluding hydrogens is 294 g/mol. The number of anilines is 2. The van der Waals surface area contributed by atoms with Crippen LogP contribution in [0, 0.1) is 6.92 Å². The van der Waals surface area contributed by atoms with E-state index in [0.717, 1.165) is 15.7 Å². The number of aromatic nitrogens is 1. The van der Waals surface area contributed by atoms with Gasteiger partial charge in [-0.25, -0.2) is 4.98 Å². The van der Waals surface area contributed by atoms with Crippen LogP contribution in [0.1, 0.15) is 15.9 Å². The van der Waals surface area contributed by atoms with Gasteiger partial charge < -0.3 is 11.1 Å². The fraction of sp³-hybridized carbons (Fsp3) is 0.0769. The van der Waals surface area contributed by atoms with Gasteiger partial charge in [-0.05, 0) is 42.8 Å². The zero-order chi connectivity index (χ0) is 13.1. The molecule has 0 fully saturated rings. The van der Waals surface area contributed by atoms with Crippen LogP contribution in [0.15, 0.2) is 41.0 Å². The molecule has 1 aromatic carbocycles. The van der Waals surface area contributed by atoms with E-state index in [0.29, 0.717) is 11.4 Å². The summed E-state index contributed by atoms with van der Waals surface area (Å²) in [5.41, 5.74) is 7.72. The van der Waals surface area contributed by atoms with Gasteiger partial charge in [-0.2, -0.15) is 0 Å². The zero-order valence-corrected chi connectivity index (χ0v) is 11.4. The minimum absolute atomic E-state index is 0.201. The molecule has 0 saturated heterocycles. The van der Waals surface area contributed by atoms with E-state index >= 15 is 0 Å². The van der Waals surface area contributed by atoms with Crippen molar-refractivity contribution < 1.29 is 4.79 Å². The van der Waals surface area contributed by atoms with E-state index in [1.807, 2.05) is 25.1 Å². The van der Waals surface area contributed by atoms with Crippen molar-refractivity contribution in [3.63, 3.8) is 0 Å². The lowest BCUT2D eigenvalue weighted by molar-refractivity contribution is 0.102. The molecule has 0 aliphatic heterocycles. The fourth-order valence-corrected chi connectivity index (χ4v) is 1.98. The summed E-state index contributed by atoms with van der Waals surface area (Å²) in [6.45, 7) is 1.93. The van der Waals surface area contributed by atoms with Crippen molar-refractivity contribution in [3.05, 3.63) is 52.1 Å². The molecule has 2 aromatic rings. The van der Waals surface area contributed by atoms with Gasteiger partial charge in [-0.3, -0.25) is 4.79 Å². The van der Waals surface area contributed by atoms with Crippen LogP contribution in [0.5, 0.6) is 0 Å². The Balaban J connectivity index is 2.18. The summed E-state index contributed by atoms with van der Waals surface area (Å²) in [5, 5.41) is 2.83. The second-order valence-corrected chi connectivity index (χ2v) is 4.80. The maximum atomic E-state index is 12.0. The van der Waals surface area contributed by atoms with Crippen LogP contribution in [-0.2, 0) is 0 Å². The number of carbonyl (C=O) groups excluding carboxylic acids is 1. The predicted octanol–water partition coefficient (Wildman–Crippen LogP) is 2.99. The third-order valence-electron chi connectivity index (χ3n) is 2.49. The van der Waals surface area contributed by atoms with Gasteiger partial charge >= 0.3 is 0 Å². The summed E-state index contributed by atoms with van der Waals surface area (Å²) in [4.78, 5) is 15.8. The van der Waals surface area contributed by atoms with Gasteiger partial charge in [0, 0.05) is 16.4 Å². The van der Waals surface area contributed by atoms with Gasteiger partial charge in [-0.1, -0.05) is 15.9 Å². The van der Waals surface area contributed by atoms with Crippen molar-refractivity contribution in [2.24, 2.45) is 0 Å². The highest BCUT2D eigenvalue weighted by atomic mass is 79.9. The molecule has 1 heterocycles. The van der Waals surface area contributed by atoms with E-state index in [-0.39, 0.29) is 5.91 Å². The average Bonchev–Trinajstić information content (AvgIpc) is 2.33. The molecule has 18 heavy (non-hydrogen) atoms. The summed E-state index contributed by atoms with van der Waals surface area (Å²) >= 11 is 3.38. The predicted molar refractivity (Wildman–Crippen MR) is 75.5 cm³/mol. The van der Waals surface area contributed by atoms with Crippen molar-refractivity contribution in [1.29, 1.82) is 0 Å². The van der Waals surface area contributed by atoms with Crippen LogP contribution in [0.4, 0.5) is 11.5 Å². The van der Waals surface area contributed by atoms with E-state index in [2.05, 4.69) is 26.2 Å². The number of nitrogens with two attached hydrogens (primary N) is 1. The quantitative estimate of drug-likeness (QED) is 0.896. The first-order chi connectivity index (χ1) is 8.56. The molecule has 1 amide bonds. The Bertz CT molecular complexity index is 581. The number of pyridine rings is 1. The van der Waals surface area contributed by atoms with Gasteiger partial charge in [0.2, 0.25) is 0 Å². The SMILES string of the molecule is Cc1cc(Br)ccc1NC(=O)c1ccc(N)nc1. The molecule has 4 nitrogen and oxygen atoms in total. The first kappa shape index (κ1) is 12.6. The van der Waals surface area contributed by atoms with Gasteiger partial charge in [0.1, 0.15) is 5.82 Å². The molecule has 0 atom stereocenters. The molecule has 0 aliphatic rings. The summed E-state index contributed by atoms with van der Waals surface area (Å²) in [7, 11) is 0. The molecule has 3 N–H and O–H groups in total. The molecule has 2 rings (SSSR count). The van der Waals surface area contributed by atoms with Gasteiger partial charge in [0.05, 0.1) is 5.56 Å². The number of rotatable bonds is 2. The van der Waals surface area contributed by atoms with E-state index in [4.69, 9.17) is 5.73 Å². The van der Waals surface area contributed by atoms with E-state index < -0.39 is 0 Å². The number of amides is 1. The lowest BCUT2D eigenvalue weighted by atomic mass is 10.2. The van der Waals surface area contributed by atoms with Crippen LogP contribution < -0.4 is 11.1 Å². The maximum Gasteiger partial charge on any atom is 0.257 e. The molecule has 0 spiro atoms. The minimum atomic E-state index is -0.201. The number of nitrogens with zero attached hydrogens (tertiary/aromatic N) is 1. The second-order valence-electron chi connectivity index (χ2n) is 3.89. The van der Waals surface area contributed by atoms with Crippen LogP contribution in [-0.4, -0.2) is 10.9 Å². The highest BCUT2D eigenvalue weighted by molar-refractivity contribution is 9.10. The number of nitrogen functional groups attached to an aromatic ring is 1. The largest absolute Gasteiger partial charge is 0.384 e. The number of aryl methyl sites for hydroxylation is 1. The van der Waals surface area contributed by atoms with E-state index in [9.17, 15) is 4.79 Å². The van der Waals surface area contributed by atoms with Crippen LogP contribution in [0.3, 0.4) is 0 Å². The number of hydrogen-bond acceptors (Lipinski definition) is 3. The van der Waals surface area contributed by atoms with E-state index in [1.54, 1.807) is 12.1 Å². The van der Waals surface area contributed by atoms with E-state index in [1.165, 1.54) is 6.20 Å². The summed E-state index contributed by atoms with van der Waals surface area (Å²) in [5.74, 6) is 0.194. The molecule has 0 unspecified atom stereocenters. The molecule has 92 valence electrons. The Kier molecular flexibility index (Phi) is 3.62. The highest BCUT2D eigenvalue weighted by Crippen LogP contribution is 2.20. The molecule has 5 heteroatoms. The molecule has 0 aliphatic carbocycles. The lowest BCUT2D eigenvalue weighted by Crippen LogP contribution is -2.13. The summed E-state index contributed by atoms with van der Waals surface area (Å²) in [6.07, 6.45) is 1.46. The van der Waals surface area contributed by atoms with Crippen LogP contribution >= 0.6 is 15.9 Å². The Morgan fingerprint density at radius 3 is 2.72 bits per heavy atom. The Labute approximate surface area is 113 Å². The number of halogens is 1. The molecule has 0 radical (unpaired) electrons. The first-order valence-electron chi connectivity index (χ1n) is 5.35. The Hall–Kier alpha value is -1.88. The number of carbonyl (C=O) groups is 1. The Morgan fingerprint density at radius 2 is 2.11 bits per heavy atom. The van der Waals surface area contributed by atoms with Crippen molar-refractivity contribution in [2.75, 3.05) is 11.1 Å². The van der Waals surface area contributed by atoms with Crippen LogP contribution in [0.2, 0.25) is 0 Å². The van der Waals surface area contributed by atoms with Gasteiger partial charge in [0.15, 0.2) is 0 Å². The highest BCUT2D eigenvalue weighted by Gasteiger charge is 2.08. The van der Waals surface area contributed by atoms with Crippen molar-refractivity contribution in [1.82, 2.24) is 4.98 Å². The van der Waals surface area contributed by atoms with Crippen molar-refractivity contribution >= 4 is 33.3 Å². The normalized spacial score (nSPS) is 10.1. The zero-order valence-electron chi connectivity index (χ0n) is 9.77. The smallest absolute Gasteiger partial charge is 0.257 e. The molecule has 1 aromatic heterocycles. The fourth-order valence-electron chi connectivity index (χ4n) is 1.50. The summed E-state index contributed by atoms with van der Waals surface area (Å²) < 4.78 is 0.979. The number of nitrogens with one attached hydrogen (secondary N) is 1.